The lowest BCUT2D eigenvalue weighted by molar-refractivity contribution is 0.443. The molecule has 0 radical (unpaired) electrons. The van der Waals surface area contributed by atoms with E-state index in [4.69, 9.17) is 4.42 Å². The lowest BCUT2D eigenvalue weighted by Crippen LogP contribution is -2.26. The summed E-state index contributed by atoms with van der Waals surface area (Å²) in [5.74, 6) is 0.641. The average molecular weight is 949 g/mol. The first kappa shape index (κ1) is 42.7. The third-order valence-electron chi connectivity index (χ3n) is 16.6. The van der Waals surface area contributed by atoms with Crippen molar-refractivity contribution in [3.8, 4) is 33.4 Å². The van der Waals surface area contributed by atoms with Crippen LogP contribution in [0.2, 0.25) is 0 Å². The molecule has 1 spiro atoms. The van der Waals surface area contributed by atoms with Gasteiger partial charge in [0.1, 0.15) is 11.2 Å². The summed E-state index contributed by atoms with van der Waals surface area (Å²) >= 11 is 0. The Hall–Kier alpha value is -8.92. The van der Waals surface area contributed by atoms with Crippen molar-refractivity contribution in [3.05, 3.63) is 277 Å². The molecule has 0 N–H and O–H groups in total. The molecule has 0 amide bonds. The van der Waals surface area contributed by atoms with Crippen molar-refractivity contribution in [2.45, 2.75) is 43.4 Å². The van der Waals surface area contributed by atoms with Crippen LogP contribution in [-0.2, 0) is 5.41 Å². The van der Waals surface area contributed by atoms with E-state index in [1.54, 1.807) is 0 Å². The largest absolute Gasteiger partial charge is 0.456 e. The van der Waals surface area contributed by atoms with Crippen molar-refractivity contribution in [2.75, 3.05) is 9.80 Å². The quantitative estimate of drug-likeness (QED) is 0.151. The zero-order valence-corrected chi connectivity index (χ0v) is 41.1. The van der Waals surface area contributed by atoms with Gasteiger partial charge in [-0.05, 0) is 158 Å². The smallest absolute Gasteiger partial charge is 0.137 e. The molecule has 11 aromatic carbocycles. The maximum absolute atomic E-state index is 6.67. The number of para-hydroxylation sites is 2. The van der Waals surface area contributed by atoms with Crippen LogP contribution in [0.4, 0.5) is 34.1 Å². The normalized spacial score (nSPS) is 15.6. The van der Waals surface area contributed by atoms with Gasteiger partial charge < -0.3 is 14.2 Å². The van der Waals surface area contributed by atoms with Crippen molar-refractivity contribution in [1.29, 1.82) is 0 Å². The van der Waals surface area contributed by atoms with E-state index in [2.05, 4.69) is 259 Å². The molecule has 1 heterocycles. The number of rotatable bonds is 8. The Morgan fingerprint density at radius 2 is 0.919 bits per heavy atom. The number of nitrogens with zero attached hydrogens (tertiary/aromatic N) is 2. The predicted molar refractivity (Wildman–Crippen MR) is 308 cm³/mol. The van der Waals surface area contributed by atoms with Gasteiger partial charge in [0, 0.05) is 33.7 Å². The molecule has 3 aliphatic rings. The van der Waals surface area contributed by atoms with Crippen LogP contribution in [-0.4, -0.2) is 0 Å². The Balaban J connectivity index is 0.991. The average Bonchev–Trinajstić information content (AvgIpc) is 4.22. The van der Waals surface area contributed by atoms with E-state index in [-0.39, 0.29) is 0 Å². The van der Waals surface area contributed by atoms with Crippen LogP contribution < -0.4 is 9.80 Å². The highest BCUT2D eigenvalue weighted by molar-refractivity contribution is 6.15. The highest BCUT2D eigenvalue weighted by Crippen LogP contribution is 2.64. The van der Waals surface area contributed by atoms with E-state index in [0.717, 1.165) is 61.6 Å². The molecule has 1 atom stereocenters. The molecular formula is C71H52N2O. The van der Waals surface area contributed by atoms with Crippen LogP contribution in [0, 0.1) is 0 Å². The Bertz CT molecular complexity index is 4120. The fraction of sp³-hybridized carbons (Fsp3) is 0.0986. The molecule has 12 aromatic rings. The number of hydrogen-bond donors (Lipinski definition) is 0. The van der Waals surface area contributed by atoms with Crippen LogP contribution in [0.3, 0.4) is 0 Å². The zero-order chi connectivity index (χ0) is 48.7. The maximum Gasteiger partial charge on any atom is 0.137 e. The van der Waals surface area contributed by atoms with Gasteiger partial charge in [-0.3, -0.25) is 0 Å². The Morgan fingerprint density at radius 3 is 1.64 bits per heavy atom. The summed E-state index contributed by atoms with van der Waals surface area (Å²) in [5, 5.41) is 4.58. The van der Waals surface area contributed by atoms with Crippen molar-refractivity contribution >= 4 is 66.8 Å². The summed E-state index contributed by atoms with van der Waals surface area (Å²) in [6.45, 7) is 0. The second-order valence-electron chi connectivity index (χ2n) is 20.5. The predicted octanol–water partition coefficient (Wildman–Crippen LogP) is 19.7. The third-order valence-corrected chi connectivity index (χ3v) is 16.6. The lowest BCUT2D eigenvalue weighted by Gasteiger charge is -2.34. The standard InChI is InChI=1S/C71H52N2O/c1-4-19-47(20-5-1)48-35-38-52(39-36-48)72(51-24-8-3-9-25-51)53-40-42-58-56-27-12-15-30-61(56)71(63(58)45-53)62-31-16-13-28-57(62)59-43-41-54(46-64(59)71)73(65-32-18-34-68-70(65)60-29-14-17-33-67(60)74-68)66-44-37-49-21-10-11-26-55(49)69(66)50-22-6-2-7-23-50/h2-3,6-18,21-47H,1,4-5,19-20H2. The molecule has 1 aromatic heterocycles. The minimum atomic E-state index is -0.622. The Kier molecular flexibility index (Phi) is 9.88. The SMILES string of the molecule is c1ccc(-c2c(N(c3ccc4c(c3)C3(c5ccccc5-c5ccc(N(c6ccccc6)c6ccc(C7CCCCC7)cc6)cc53)c3ccccc3-4)c3cccc4oc5ccccc5c34)ccc3ccccc23)cc1. The second-order valence-corrected chi connectivity index (χ2v) is 20.5. The van der Waals surface area contributed by atoms with Crippen LogP contribution in [0.5, 0.6) is 0 Å². The monoisotopic (exact) mass is 948 g/mol. The molecule has 0 aliphatic heterocycles. The fourth-order valence-electron chi connectivity index (χ4n) is 13.5. The number of hydrogen-bond acceptors (Lipinski definition) is 3. The molecule has 3 heteroatoms. The molecule has 15 rings (SSSR count). The van der Waals surface area contributed by atoms with Crippen LogP contribution in [0.1, 0.15) is 65.8 Å². The number of anilines is 6. The zero-order valence-electron chi connectivity index (χ0n) is 41.1. The summed E-state index contributed by atoms with van der Waals surface area (Å²) < 4.78 is 6.67. The first-order valence-corrected chi connectivity index (χ1v) is 26.4. The topological polar surface area (TPSA) is 19.6 Å². The highest BCUT2D eigenvalue weighted by atomic mass is 16.3. The van der Waals surface area contributed by atoms with E-state index in [1.807, 2.05) is 0 Å². The number of benzene rings is 11. The summed E-state index contributed by atoms with van der Waals surface area (Å²) in [7, 11) is 0. The molecule has 74 heavy (non-hydrogen) atoms. The first-order valence-electron chi connectivity index (χ1n) is 26.4. The second kappa shape index (κ2) is 17.1. The van der Waals surface area contributed by atoms with Gasteiger partial charge in [-0.1, -0.05) is 195 Å². The van der Waals surface area contributed by atoms with Crippen LogP contribution in [0.15, 0.2) is 253 Å². The molecule has 1 saturated carbocycles. The summed E-state index contributed by atoms with van der Waals surface area (Å²) in [4.78, 5) is 4.98. The summed E-state index contributed by atoms with van der Waals surface area (Å²) in [6, 6.07) is 92.6. The molecule has 3 nitrogen and oxygen atoms in total. The van der Waals surface area contributed by atoms with E-state index in [0.29, 0.717) is 5.92 Å². The number of furan rings is 1. The molecule has 0 saturated heterocycles. The van der Waals surface area contributed by atoms with Gasteiger partial charge >= 0.3 is 0 Å². The molecular weight excluding hydrogens is 897 g/mol. The first-order chi connectivity index (χ1) is 36.7. The van der Waals surface area contributed by atoms with Gasteiger partial charge in [-0.2, -0.15) is 0 Å². The van der Waals surface area contributed by atoms with E-state index < -0.39 is 5.41 Å². The molecule has 3 aliphatic carbocycles. The highest BCUT2D eigenvalue weighted by Gasteiger charge is 2.52. The van der Waals surface area contributed by atoms with E-state index in [1.165, 1.54) is 98.5 Å². The molecule has 1 fully saturated rings. The van der Waals surface area contributed by atoms with E-state index in [9.17, 15) is 0 Å². The van der Waals surface area contributed by atoms with Gasteiger partial charge in [0.25, 0.3) is 0 Å². The summed E-state index contributed by atoms with van der Waals surface area (Å²) in [5.41, 5.74) is 21.9. The lowest BCUT2D eigenvalue weighted by atomic mass is 9.70. The third kappa shape index (κ3) is 6.45. The maximum atomic E-state index is 6.67. The van der Waals surface area contributed by atoms with Crippen LogP contribution in [0.25, 0.3) is 66.1 Å². The van der Waals surface area contributed by atoms with Crippen LogP contribution >= 0.6 is 0 Å². The van der Waals surface area contributed by atoms with Crippen molar-refractivity contribution in [2.24, 2.45) is 0 Å². The fourth-order valence-corrected chi connectivity index (χ4v) is 13.5. The Morgan fingerprint density at radius 1 is 0.365 bits per heavy atom. The van der Waals surface area contributed by atoms with Gasteiger partial charge in [0.2, 0.25) is 0 Å². The minimum absolute atomic E-state index is 0.622. The van der Waals surface area contributed by atoms with Gasteiger partial charge in [-0.25, -0.2) is 0 Å². The molecule has 1 unspecified atom stereocenters. The van der Waals surface area contributed by atoms with Gasteiger partial charge in [0.15, 0.2) is 0 Å². The van der Waals surface area contributed by atoms with E-state index >= 15 is 0 Å². The Labute approximate surface area is 432 Å². The number of fused-ring (bicyclic) bond motifs is 14. The van der Waals surface area contributed by atoms with Crippen molar-refractivity contribution < 1.29 is 4.42 Å². The summed E-state index contributed by atoms with van der Waals surface area (Å²) in [6.07, 6.45) is 6.56. The van der Waals surface area contributed by atoms with Gasteiger partial charge in [0.05, 0.1) is 22.2 Å². The molecule has 0 bridgehead atoms. The minimum Gasteiger partial charge on any atom is -0.456 e. The molecule has 352 valence electrons. The van der Waals surface area contributed by atoms with Crippen molar-refractivity contribution in [1.82, 2.24) is 0 Å². The van der Waals surface area contributed by atoms with Gasteiger partial charge in [-0.15, -0.1) is 0 Å². The van der Waals surface area contributed by atoms with Crippen molar-refractivity contribution in [3.63, 3.8) is 0 Å².